The van der Waals surface area contributed by atoms with Gasteiger partial charge in [-0.05, 0) is 37.3 Å². The highest BCUT2D eigenvalue weighted by atomic mass is 16.5. The minimum atomic E-state index is 0.118. The van der Waals surface area contributed by atoms with Crippen molar-refractivity contribution in [1.29, 1.82) is 0 Å². The monoisotopic (exact) mass is 280 g/mol. The van der Waals surface area contributed by atoms with Crippen LogP contribution in [0.2, 0.25) is 0 Å². The lowest BCUT2D eigenvalue weighted by molar-refractivity contribution is -0.00582. The van der Waals surface area contributed by atoms with Gasteiger partial charge in [0, 0.05) is 0 Å². The second-order valence-electron chi connectivity index (χ2n) is 5.36. The van der Waals surface area contributed by atoms with E-state index in [0.717, 1.165) is 19.3 Å². The molecule has 21 heavy (non-hydrogen) atoms. The third-order valence-electron chi connectivity index (χ3n) is 3.69. The molecule has 0 saturated carbocycles. The van der Waals surface area contributed by atoms with Crippen LogP contribution < -0.4 is 0 Å². The van der Waals surface area contributed by atoms with Crippen molar-refractivity contribution in [3.05, 3.63) is 84.4 Å². The fourth-order valence-electron chi connectivity index (χ4n) is 2.49. The number of rotatable bonds is 8. The lowest BCUT2D eigenvalue weighted by Crippen LogP contribution is -2.16. The minimum absolute atomic E-state index is 0.118. The van der Waals surface area contributed by atoms with Crippen LogP contribution in [0.1, 0.15) is 37.0 Å². The van der Waals surface area contributed by atoms with E-state index in [2.05, 4.69) is 68.1 Å². The SMILES string of the molecule is C=CCC(CCc1ccccc1)OC(C)c1ccccc1. The molecule has 0 N–H and O–H groups in total. The Morgan fingerprint density at radius 3 is 2.24 bits per heavy atom. The standard InChI is InChI=1S/C20H24O/c1-3-10-20(16-15-18-11-6-4-7-12-18)21-17(2)19-13-8-5-9-14-19/h3-9,11-14,17,20H,1,10,15-16H2,2H3. The normalized spacial score (nSPS) is 13.6. The summed E-state index contributed by atoms with van der Waals surface area (Å²) in [5, 5.41) is 0. The third kappa shape index (κ3) is 5.20. The predicted octanol–water partition coefficient (Wildman–Crippen LogP) is 5.34. The first-order valence-corrected chi connectivity index (χ1v) is 7.65. The van der Waals surface area contributed by atoms with E-state index in [1.807, 2.05) is 12.1 Å². The molecule has 2 atom stereocenters. The molecule has 0 aliphatic rings. The van der Waals surface area contributed by atoms with Gasteiger partial charge in [-0.2, -0.15) is 0 Å². The molecule has 110 valence electrons. The van der Waals surface area contributed by atoms with E-state index in [1.165, 1.54) is 11.1 Å². The van der Waals surface area contributed by atoms with Crippen molar-refractivity contribution in [3.63, 3.8) is 0 Å². The van der Waals surface area contributed by atoms with Crippen LogP contribution in [-0.4, -0.2) is 6.10 Å². The molecule has 0 radical (unpaired) electrons. The number of benzene rings is 2. The molecule has 2 rings (SSSR count). The molecule has 0 aliphatic carbocycles. The lowest BCUT2D eigenvalue weighted by atomic mass is 10.0. The van der Waals surface area contributed by atoms with E-state index < -0.39 is 0 Å². The Hall–Kier alpha value is -1.86. The Morgan fingerprint density at radius 1 is 1.00 bits per heavy atom. The minimum Gasteiger partial charge on any atom is -0.370 e. The Bertz CT molecular complexity index is 518. The molecule has 2 unspecified atom stereocenters. The summed E-state index contributed by atoms with van der Waals surface area (Å²) in [5.74, 6) is 0. The highest BCUT2D eigenvalue weighted by molar-refractivity contribution is 5.17. The predicted molar refractivity (Wildman–Crippen MR) is 89.3 cm³/mol. The van der Waals surface area contributed by atoms with Gasteiger partial charge in [-0.25, -0.2) is 0 Å². The van der Waals surface area contributed by atoms with Gasteiger partial charge in [0.25, 0.3) is 0 Å². The summed E-state index contributed by atoms with van der Waals surface area (Å²) >= 11 is 0. The maximum atomic E-state index is 6.23. The van der Waals surface area contributed by atoms with Crippen LogP contribution in [0.5, 0.6) is 0 Å². The van der Waals surface area contributed by atoms with Gasteiger partial charge in [0.15, 0.2) is 0 Å². The Kier molecular flexibility index (Phi) is 6.23. The largest absolute Gasteiger partial charge is 0.370 e. The molecule has 1 heteroatoms. The average molecular weight is 280 g/mol. The van der Waals surface area contributed by atoms with E-state index in [0.29, 0.717) is 0 Å². The molecule has 0 heterocycles. The molecule has 1 nitrogen and oxygen atoms in total. The Labute approximate surface area is 128 Å². The van der Waals surface area contributed by atoms with Crippen LogP contribution in [0.25, 0.3) is 0 Å². The zero-order valence-electron chi connectivity index (χ0n) is 12.7. The highest BCUT2D eigenvalue weighted by Crippen LogP contribution is 2.22. The van der Waals surface area contributed by atoms with Gasteiger partial charge in [0.05, 0.1) is 12.2 Å². The lowest BCUT2D eigenvalue weighted by Gasteiger charge is -2.22. The van der Waals surface area contributed by atoms with E-state index in [-0.39, 0.29) is 12.2 Å². The number of hydrogen-bond acceptors (Lipinski definition) is 1. The summed E-state index contributed by atoms with van der Waals surface area (Å²) in [6.45, 7) is 5.97. The van der Waals surface area contributed by atoms with Crippen LogP contribution in [0, 0.1) is 0 Å². The Morgan fingerprint density at radius 2 is 1.62 bits per heavy atom. The van der Waals surface area contributed by atoms with Crippen molar-refractivity contribution in [2.24, 2.45) is 0 Å². The summed E-state index contributed by atoms with van der Waals surface area (Å²) in [7, 11) is 0. The maximum absolute atomic E-state index is 6.23. The summed E-state index contributed by atoms with van der Waals surface area (Å²) in [4.78, 5) is 0. The van der Waals surface area contributed by atoms with Crippen LogP contribution in [-0.2, 0) is 11.2 Å². The molecular formula is C20H24O. The fourth-order valence-corrected chi connectivity index (χ4v) is 2.49. The van der Waals surface area contributed by atoms with Crippen LogP contribution in [0.4, 0.5) is 0 Å². The van der Waals surface area contributed by atoms with Crippen LogP contribution in [0.15, 0.2) is 73.3 Å². The van der Waals surface area contributed by atoms with E-state index in [9.17, 15) is 0 Å². The maximum Gasteiger partial charge on any atom is 0.0800 e. The van der Waals surface area contributed by atoms with Crippen molar-refractivity contribution in [2.45, 2.75) is 38.4 Å². The van der Waals surface area contributed by atoms with E-state index in [4.69, 9.17) is 4.74 Å². The van der Waals surface area contributed by atoms with Gasteiger partial charge < -0.3 is 4.74 Å². The first-order valence-electron chi connectivity index (χ1n) is 7.65. The van der Waals surface area contributed by atoms with Gasteiger partial charge in [-0.15, -0.1) is 6.58 Å². The van der Waals surface area contributed by atoms with Crippen molar-refractivity contribution in [2.75, 3.05) is 0 Å². The average Bonchev–Trinajstić information content (AvgIpc) is 2.54. The van der Waals surface area contributed by atoms with E-state index >= 15 is 0 Å². The summed E-state index contributed by atoms with van der Waals surface area (Å²) in [6.07, 6.45) is 5.25. The number of hydrogen-bond donors (Lipinski definition) is 0. The third-order valence-corrected chi connectivity index (χ3v) is 3.69. The smallest absolute Gasteiger partial charge is 0.0800 e. The number of ether oxygens (including phenoxy) is 1. The zero-order valence-corrected chi connectivity index (χ0v) is 12.7. The van der Waals surface area contributed by atoms with Crippen LogP contribution in [0.3, 0.4) is 0 Å². The molecule has 0 bridgehead atoms. The second-order valence-corrected chi connectivity index (χ2v) is 5.36. The molecule has 0 aliphatic heterocycles. The molecule has 0 spiro atoms. The van der Waals surface area contributed by atoms with Gasteiger partial charge in [0.1, 0.15) is 0 Å². The van der Waals surface area contributed by atoms with E-state index in [1.54, 1.807) is 0 Å². The molecule has 0 amide bonds. The van der Waals surface area contributed by atoms with Gasteiger partial charge in [-0.1, -0.05) is 66.7 Å². The van der Waals surface area contributed by atoms with Crippen molar-refractivity contribution >= 4 is 0 Å². The van der Waals surface area contributed by atoms with Gasteiger partial charge in [0.2, 0.25) is 0 Å². The molecule has 2 aromatic rings. The molecule has 0 aromatic heterocycles. The Balaban J connectivity index is 1.91. The topological polar surface area (TPSA) is 9.23 Å². The summed E-state index contributed by atoms with van der Waals surface area (Å²) in [5.41, 5.74) is 2.59. The second kappa shape index (κ2) is 8.43. The molecule has 2 aromatic carbocycles. The van der Waals surface area contributed by atoms with Gasteiger partial charge >= 0.3 is 0 Å². The molecule has 0 fully saturated rings. The summed E-state index contributed by atoms with van der Waals surface area (Å²) < 4.78 is 6.23. The first kappa shape index (κ1) is 15.5. The zero-order chi connectivity index (χ0) is 14.9. The summed E-state index contributed by atoms with van der Waals surface area (Å²) in [6, 6.07) is 21.0. The van der Waals surface area contributed by atoms with Crippen LogP contribution >= 0.6 is 0 Å². The fraction of sp³-hybridized carbons (Fsp3) is 0.300. The van der Waals surface area contributed by atoms with Gasteiger partial charge in [-0.3, -0.25) is 0 Å². The molecular weight excluding hydrogens is 256 g/mol. The quantitative estimate of drug-likeness (QED) is 0.593. The number of aryl methyl sites for hydroxylation is 1. The molecule has 0 saturated heterocycles. The first-order chi connectivity index (χ1) is 10.3. The van der Waals surface area contributed by atoms with Crippen molar-refractivity contribution in [3.8, 4) is 0 Å². The van der Waals surface area contributed by atoms with Crippen molar-refractivity contribution < 1.29 is 4.74 Å². The van der Waals surface area contributed by atoms with Crippen molar-refractivity contribution in [1.82, 2.24) is 0 Å². The highest BCUT2D eigenvalue weighted by Gasteiger charge is 2.13.